The third kappa shape index (κ3) is 2.21. The number of carboxylic acid groups (broad SMARTS) is 1. The van der Waals surface area contributed by atoms with Gasteiger partial charge in [-0.3, -0.25) is 0 Å². The Bertz CT molecular complexity index is 765. The summed E-state index contributed by atoms with van der Waals surface area (Å²) >= 11 is 7.63. The predicted octanol–water partition coefficient (Wildman–Crippen LogP) is 3.95. The zero-order chi connectivity index (χ0) is 14.1. The normalized spacial score (nSPS) is 10.7. The molecule has 1 N–H and O–H groups in total. The summed E-state index contributed by atoms with van der Waals surface area (Å²) in [5.41, 5.74) is 1.26. The number of nitrogens with zero attached hydrogens (tertiary/aromatic N) is 2. The number of carboxylic acids is 1. The number of carbonyl (C=O) groups is 1. The summed E-state index contributed by atoms with van der Waals surface area (Å²) in [4.78, 5) is 12.3. The summed E-state index contributed by atoms with van der Waals surface area (Å²) in [6.45, 7) is 0. The molecule has 0 radical (unpaired) electrons. The summed E-state index contributed by atoms with van der Waals surface area (Å²) in [5, 5.41) is 16.1. The van der Waals surface area contributed by atoms with Gasteiger partial charge in [0.15, 0.2) is 5.69 Å². The fourth-order valence-electron chi connectivity index (χ4n) is 1.89. The molecule has 3 aromatic rings. The Morgan fingerprint density at radius 2 is 2.05 bits per heavy atom. The first-order valence-electron chi connectivity index (χ1n) is 5.79. The molecule has 3 rings (SSSR count). The minimum atomic E-state index is -1.04. The van der Waals surface area contributed by atoms with Crippen LogP contribution in [-0.4, -0.2) is 20.9 Å². The van der Waals surface area contributed by atoms with Crippen molar-refractivity contribution in [3.8, 4) is 16.3 Å². The average molecular weight is 305 g/mol. The fourth-order valence-corrected chi connectivity index (χ4v) is 2.78. The maximum Gasteiger partial charge on any atom is 0.354 e. The van der Waals surface area contributed by atoms with Crippen molar-refractivity contribution in [2.45, 2.75) is 0 Å². The zero-order valence-electron chi connectivity index (χ0n) is 10.2. The Hall–Kier alpha value is -2.11. The van der Waals surface area contributed by atoms with Gasteiger partial charge >= 0.3 is 5.97 Å². The van der Waals surface area contributed by atoms with Crippen molar-refractivity contribution in [3.63, 3.8) is 0 Å². The van der Waals surface area contributed by atoms with E-state index in [0.717, 1.165) is 4.88 Å². The van der Waals surface area contributed by atoms with E-state index in [1.807, 2.05) is 17.5 Å². The molecule has 100 valence electrons. The minimum absolute atomic E-state index is 0.0847. The van der Waals surface area contributed by atoms with Crippen LogP contribution < -0.4 is 0 Å². The molecule has 2 aromatic heterocycles. The van der Waals surface area contributed by atoms with Crippen LogP contribution in [0.2, 0.25) is 5.02 Å². The summed E-state index contributed by atoms with van der Waals surface area (Å²) in [5.74, 6) is -1.04. The van der Waals surface area contributed by atoms with Crippen LogP contribution in [0.5, 0.6) is 0 Å². The lowest BCUT2D eigenvalue weighted by molar-refractivity contribution is 0.0687. The highest BCUT2D eigenvalue weighted by atomic mass is 35.5. The first-order valence-corrected chi connectivity index (χ1v) is 7.05. The van der Waals surface area contributed by atoms with Gasteiger partial charge in [0.25, 0.3) is 0 Å². The molecule has 1 aromatic carbocycles. The topological polar surface area (TPSA) is 55.1 Å². The smallest absolute Gasteiger partial charge is 0.354 e. The molecule has 20 heavy (non-hydrogen) atoms. The summed E-state index contributed by atoms with van der Waals surface area (Å²) in [7, 11) is 0. The Balaban J connectivity index is 2.20. The van der Waals surface area contributed by atoms with Crippen LogP contribution in [0.25, 0.3) is 16.3 Å². The van der Waals surface area contributed by atoms with Crippen LogP contribution in [0.1, 0.15) is 10.5 Å². The molecular formula is C14H9ClN2O2S. The van der Waals surface area contributed by atoms with E-state index < -0.39 is 5.97 Å². The van der Waals surface area contributed by atoms with Gasteiger partial charge in [-0.2, -0.15) is 5.10 Å². The van der Waals surface area contributed by atoms with Crippen molar-refractivity contribution in [1.29, 1.82) is 0 Å². The number of halogens is 1. The SMILES string of the molecule is O=C(O)c1cc(-c2cccs2)nn1-c1ccccc1Cl. The minimum Gasteiger partial charge on any atom is -0.477 e. The number of rotatable bonds is 3. The van der Waals surface area contributed by atoms with E-state index in [2.05, 4.69) is 5.10 Å². The van der Waals surface area contributed by atoms with Gasteiger partial charge in [-0.25, -0.2) is 9.48 Å². The van der Waals surface area contributed by atoms with Crippen molar-refractivity contribution in [2.24, 2.45) is 0 Å². The number of aromatic carboxylic acids is 1. The Labute approximate surface area is 123 Å². The Morgan fingerprint density at radius 1 is 1.25 bits per heavy atom. The molecule has 0 aliphatic heterocycles. The van der Waals surface area contributed by atoms with E-state index in [4.69, 9.17) is 11.6 Å². The van der Waals surface area contributed by atoms with E-state index in [-0.39, 0.29) is 5.69 Å². The molecule has 4 nitrogen and oxygen atoms in total. The number of hydrogen-bond donors (Lipinski definition) is 1. The molecule has 2 heterocycles. The van der Waals surface area contributed by atoms with Crippen molar-refractivity contribution in [3.05, 3.63) is 58.6 Å². The van der Waals surface area contributed by atoms with Crippen LogP contribution in [0.4, 0.5) is 0 Å². The number of thiophene rings is 1. The molecule has 0 saturated carbocycles. The van der Waals surface area contributed by atoms with Crippen LogP contribution in [0.3, 0.4) is 0 Å². The van der Waals surface area contributed by atoms with Crippen LogP contribution in [0.15, 0.2) is 47.8 Å². The fraction of sp³-hybridized carbons (Fsp3) is 0. The Morgan fingerprint density at radius 3 is 2.70 bits per heavy atom. The maximum absolute atomic E-state index is 11.4. The van der Waals surface area contributed by atoms with E-state index >= 15 is 0 Å². The summed E-state index contributed by atoms with van der Waals surface area (Å²) in [6.07, 6.45) is 0. The highest BCUT2D eigenvalue weighted by Gasteiger charge is 2.18. The van der Waals surface area contributed by atoms with E-state index in [1.165, 1.54) is 16.0 Å². The van der Waals surface area contributed by atoms with Crippen molar-refractivity contribution in [2.75, 3.05) is 0 Å². The van der Waals surface area contributed by atoms with Crippen LogP contribution in [-0.2, 0) is 0 Å². The lowest BCUT2D eigenvalue weighted by Gasteiger charge is -2.05. The first kappa shape index (κ1) is 12.9. The molecule has 0 aliphatic rings. The first-order chi connectivity index (χ1) is 9.66. The third-order valence-electron chi connectivity index (χ3n) is 2.78. The molecular weight excluding hydrogens is 296 g/mol. The van der Waals surface area contributed by atoms with Gasteiger partial charge in [-0.05, 0) is 23.6 Å². The van der Waals surface area contributed by atoms with E-state index in [9.17, 15) is 9.90 Å². The van der Waals surface area contributed by atoms with Gasteiger partial charge in [0, 0.05) is 6.07 Å². The third-order valence-corrected chi connectivity index (χ3v) is 3.99. The molecule has 0 unspecified atom stereocenters. The van der Waals surface area contributed by atoms with Gasteiger partial charge in [0.1, 0.15) is 5.69 Å². The van der Waals surface area contributed by atoms with Gasteiger partial charge in [-0.15, -0.1) is 11.3 Å². The molecule has 0 atom stereocenters. The molecule has 0 fully saturated rings. The number of benzene rings is 1. The number of aromatic nitrogens is 2. The van der Waals surface area contributed by atoms with Crippen LogP contribution in [0, 0.1) is 0 Å². The molecule has 6 heteroatoms. The van der Waals surface area contributed by atoms with Gasteiger partial charge in [0.05, 0.1) is 15.6 Å². The quantitative estimate of drug-likeness (QED) is 0.797. The number of hydrogen-bond acceptors (Lipinski definition) is 3. The molecule has 0 aliphatic carbocycles. The van der Waals surface area contributed by atoms with Gasteiger partial charge in [-0.1, -0.05) is 29.8 Å². The average Bonchev–Trinajstić information content (AvgIpc) is 3.08. The van der Waals surface area contributed by atoms with E-state index in [1.54, 1.807) is 30.3 Å². The Kier molecular flexibility index (Phi) is 3.30. The summed E-state index contributed by atoms with van der Waals surface area (Å²) < 4.78 is 1.36. The molecule has 0 amide bonds. The highest BCUT2D eigenvalue weighted by molar-refractivity contribution is 7.13. The highest BCUT2D eigenvalue weighted by Crippen LogP contribution is 2.27. The van der Waals surface area contributed by atoms with Crippen LogP contribution >= 0.6 is 22.9 Å². The van der Waals surface area contributed by atoms with Crippen molar-refractivity contribution in [1.82, 2.24) is 9.78 Å². The molecule has 0 spiro atoms. The lowest BCUT2D eigenvalue weighted by atomic mass is 10.3. The monoisotopic (exact) mass is 304 g/mol. The second-order valence-corrected chi connectivity index (χ2v) is 5.42. The second-order valence-electron chi connectivity index (χ2n) is 4.06. The zero-order valence-corrected chi connectivity index (χ0v) is 11.7. The van der Waals surface area contributed by atoms with Crippen molar-refractivity contribution < 1.29 is 9.90 Å². The van der Waals surface area contributed by atoms with Gasteiger partial charge in [0.2, 0.25) is 0 Å². The second kappa shape index (κ2) is 5.11. The van der Waals surface area contributed by atoms with Crippen molar-refractivity contribution >= 4 is 28.9 Å². The molecule has 0 bridgehead atoms. The molecule has 0 saturated heterocycles. The number of para-hydroxylation sites is 1. The summed E-state index contributed by atoms with van der Waals surface area (Å²) in [6, 6.07) is 12.4. The largest absolute Gasteiger partial charge is 0.477 e. The lowest BCUT2D eigenvalue weighted by Crippen LogP contribution is -2.08. The predicted molar refractivity (Wildman–Crippen MR) is 78.8 cm³/mol. The van der Waals surface area contributed by atoms with E-state index in [0.29, 0.717) is 16.4 Å². The standard InChI is InChI=1S/C14H9ClN2O2S/c15-9-4-1-2-5-11(9)17-12(14(18)19)8-10(16-17)13-6-3-7-20-13/h1-8H,(H,18,19). The van der Waals surface area contributed by atoms with Gasteiger partial charge < -0.3 is 5.11 Å². The maximum atomic E-state index is 11.4.